The topological polar surface area (TPSA) is 26.3 Å². The van der Waals surface area contributed by atoms with Gasteiger partial charge in [-0.3, -0.25) is 4.79 Å². The van der Waals surface area contributed by atoms with Gasteiger partial charge in [0.05, 0.1) is 0 Å². The van der Waals surface area contributed by atoms with Gasteiger partial charge >= 0.3 is 5.97 Å². The zero-order valence-corrected chi connectivity index (χ0v) is 16.7. The molecule has 0 aromatic heterocycles. The van der Waals surface area contributed by atoms with Crippen molar-refractivity contribution in [2.75, 3.05) is 0 Å². The minimum atomic E-state index is 0.0345. The average molecular weight is 349 g/mol. The normalized spacial score (nSPS) is 37.8. The fraction of sp³-hybridized carbons (Fsp3) is 0.957. The van der Waals surface area contributed by atoms with Crippen molar-refractivity contribution < 1.29 is 9.53 Å². The van der Waals surface area contributed by atoms with Crippen LogP contribution in [0.1, 0.15) is 104 Å². The zero-order valence-electron chi connectivity index (χ0n) is 16.7. The number of fused-ring (bicyclic) bond motifs is 3. The second-order valence-corrected chi connectivity index (χ2v) is 9.27. The van der Waals surface area contributed by atoms with Crippen LogP contribution in [0.4, 0.5) is 0 Å². The molecule has 6 atom stereocenters. The van der Waals surface area contributed by atoms with Crippen LogP contribution >= 0.6 is 0 Å². The SMILES string of the molecule is CCCCCC1CCC2C(CCC3CC(OC(=O)CCC)CCC32)C1. The molecule has 0 heterocycles. The monoisotopic (exact) mass is 348 g/mol. The lowest BCUT2D eigenvalue weighted by molar-refractivity contribution is -0.153. The molecule has 25 heavy (non-hydrogen) atoms. The Morgan fingerprint density at radius 1 is 0.840 bits per heavy atom. The van der Waals surface area contributed by atoms with E-state index in [0.29, 0.717) is 6.42 Å². The van der Waals surface area contributed by atoms with Crippen LogP contribution in [-0.4, -0.2) is 12.1 Å². The number of hydrogen-bond acceptors (Lipinski definition) is 2. The van der Waals surface area contributed by atoms with E-state index in [1.807, 2.05) is 0 Å². The van der Waals surface area contributed by atoms with Gasteiger partial charge in [0.25, 0.3) is 0 Å². The molecule has 0 aromatic rings. The Morgan fingerprint density at radius 2 is 1.56 bits per heavy atom. The molecule has 0 N–H and O–H groups in total. The Hall–Kier alpha value is -0.530. The molecular formula is C23H40O2. The maximum Gasteiger partial charge on any atom is 0.306 e. The molecule has 3 rings (SSSR count). The summed E-state index contributed by atoms with van der Waals surface area (Å²) in [5.41, 5.74) is 0. The smallest absolute Gasteiger partial charge is 0.306 e. The predicted octanol–water partition coefficient (Wildman–Crippen LogP) is 6.52. The standard InChI is InChI=1S/C23H40O2/c1-3-5-6-8-17-9-13-21-18(15-17)10-11-19-16-20(12-14-22(19)21)25-23(24)7-4-2/h17-22H,3-16H2,1-2H3. The highest BCUT2D eigenvalue weighted by Gasteiger charge is 2.44. The van der Waals surface area contributed by atoms with Gasteiger partial charge in [-0.25, -0.2) is 0 Å². The lowest BCUT2D eigenvalue weighted by Crippen LogP contribution is -2.43. The van der Waals surface area contributed by atoms with Crippen LogP contribution in [0.5, 0.6) is 0 Å². The van der Waals surface area contributed by atoms with Crippen molar-refractivity contribution in [1.82, 2.24) is 0 Å². The molecule has 0 amide bonds. The van der Waals surface area contributed by atoms with Crippen molar-refractivity contribution in [3.05, 3.63) is 0 Å². The number of hydrogen-bond donors (Lipinski definition) is 0. The molecule has 3 aliphatic carbocycles. The van der Waals surface area contributed by atoms with Gasteiger partial charge in [0, 0.05) is 6.42 Å². The highest BCUT2D eigenvalue weighted by atomic mass is 16.5. The maximum atomic E-state index is 11.8. The first kappa shape index (κ1) is 19.2. The van der Waals surface area contributed by atoms with E-state index in [0.717, 1.165) is 48.9 Å². The molecule has 3 saturated carbocycles. The molecule has 0 aromatic carbocycles. The quantitative estimate of drug-likeness (QED) is 0.386. The summed E-state index contributed by atoms with van der Waals surface area (Å²) in [5.74, 6) is 4.85. The van der Waals surface area contributed by atoms with Gasteiger partial charge in [0.15, 0.2) is 0 Å². The van der Waals surface area contributed by atoms with Crippen LogP contribution in [0.15, 0.2) is 0 Å². The van der Waals surface area contributed by atoms with E-state index < -0.39 is 0 Å². The average Bonchev–Trinajstić information content (AvgIpc) is 2.61. The molecule has 0 bridgehead atoms. The zero-order chi connectivity index (χ0) is 17.6. The van der Waals surface area contributed by atoms with Crippen LogP contribution < -0.4 is 0 Å². The summed E-state index contributed by atoms with van der Waals surface area (Å²) >= 11 is 0. The number of ether oxygens (including phenoxy) is 1. The lowest BCUT2D eigenvalue weighted by atomic mass is 9.56. The Labute approximate surface area is 155 Å². The Morgan fingerprint density at radius 3 is 2.28 bits per heavy atom. The summed E-state index contributed by atoms with van der Waals surface area (Å²) < 4.78 is 5.75. The summed E-state index contributed by atoms with van der Waals surface area (Å²) in [6, 6.07) is 0. The molecule has 2 heteroatoms. The number of rotatable bonds is 7. The third-order valence-electron chi connectivity index (χ3n) is 7.57. The van der Waals surface area contributed by atoms with Gasteiger partial charge in [-0.2, -0.15) is 0 Å². The Bertz CT molecular complexity index is 418. The number of esters is 1. The Balaban J connectivity index is 1.47. The van der Waals surface area contributed by atoms with E-state index in [1.165, 1.54) is 64.2 Å². The van der Waals surface area contributed by atoms with Crippen molar-refractivity contribution in [3.8, 4) is 0 Å². The number of carbonyl (C=O) groups excluding carboxylic acids is 1. The molecule has 3 aliphatic rings. The van der Waals surface area contributed by atoms with Crippen LogP contribution in [-0.2, 0) is 9.53 Å². The second kappa shape index (κ2) is 9.42. The first-order valence-corrected chi connectivity index (χ1v) is 11.4. The fourth-order valence-corrected chi connectivity index (χ4v) is 6.35. The van der Waals surface area contributed by atoms with Crippen molar-refractivity contribution in [2.24, 2.45) is 29.6 Å². The maximum absolute atomic E-state index is 11.8. The summed E-state index contributed by atoms with van der Waals surface area (Å²) in [6.07, 6.45) is 18.4. The van der Waals surface area contributed by atoms with Crippen molar-refractivity contribution in [2.45, 2.75) is 110 Å². The second-order valence-electron chi connectivity index (χ2n) is 9.27. The van der Waals surface area contributed by atoms with Crippen LogP contribution in [0.2, 0.25) is 0 Å². The van der Waals surface area contributed by atoms with E-state index in [4.69, 9.17) is 4.74 Å². The highest BCUT2D eigenvalue weighted by molar-refractivity contribution is 5.69. The molecule has 0 radical (unpaired) electrons. The van der Waals surface area contributed by atoms with Gasteiger partial charge in [0.1, 0.15) is 6.10 Å². The van der Waals surface area contributed by atoms with Gasteiger partial charge < -0.3 is 4.74 Å². The highest BCUT2D eigenvalue weighted by Crippen LogP contribution is 2.53. The van der Waals surface area contributed by atoms with E-state index in [-0.39, 0.29) is 12.1 Å². The van der Waals surface area contributed by atoms with E-state index >= 15 is 0 Å². The van der Waals surface area contributed by atoms with Gasteiger partial charge in [0.2, 0.25) is 0 Å². The van der Waals surface area contributed by atoms with Gasteiger partial charge in [-0.1, -0.05) is 46.0 Å². The first-order valence-electron chi connectivity index (χ1n) is 11.4. The molecule has 3 fully saturated rings. The summed E-state index contributed by atoms with van der Waals surface area (Å²) in [6.45, 7) is 4.37. The first-order chi connectivity index (χ1) is 12.2. The number of carbonyl (C=O) groups is 1. The summed E-state index contributed by atoms with van der Waals surface area (Å²) in [4.78, 5) is 11.8. The Kier molecular flexibility index (Phi) is 7.25. The fourth-order valence-electron chi connectivity index (χ4n) is 6.35. The van der Waals surface area contributed by atoms with Gasteiger partial charge in [-0.05, 0) is 81.0 Å². The third-order valence-corrected chi connectivity index (χ3v) is 7.57. The molecular weight excluding hydrogens is 308 g/mol. The van der Waals surface area contributed by atoms with Crippen molar-refractivity contribution in [3.63, 3.8) is 0 Å². The van der Waals surface area contributed by atoms with E-state index in [9.17, 15) is 4.79 Å². The lowest BCUT2D eigenvalue weighted by Gasteiger charge is -2.50. The van der Waals surface area contributed by atoms with Crippen LogP contribution in [0.25, 0.3) is 0 Å². The summed E-state index contributed by atoms with van der Waals surface area (Å²) in [5, 5.41) is 0. The van der Waals surface area contributed by atoms with Gasteiger partial charge in [-0.15, -0.1) is 0 Å². The minimum Gasteiger partial charge on any atom is -0.462 e. The summed E-state index contributed by atoms with van der Waals surface area (Å²) in [7, 11) is 0. The van der Waals surface area contributed by atoms with Crippen molar-refractivity contribution >= 4 is 5.97 Å². The molecule has 0 spiro atoms. The van der Waals surface area contributed by atoms with Crippen LogP contribution in [0.3, 0.4) is 0 Å². The largest absolute Gasteiger partial charge is 0.462 e. The molecule has 2 nitrogen and oxygen atoms in total. The third kappa shape index (κ3) is 5.01. The molecule has 0 aliphatic heterocycles. The minimum absolute atomic E-state index is 0.0345. The molecule has 0 saturated heterocycles. The predicted molar refractivity (Wildman–Crippen MR) is 103 cm³/mol. The van der Waals surface area contributed by atoms with E-state index in [1.54, 1.807) is 0 Å². The van der Waals surface area contributed by atoms with Crippen LogP contribution in [0, 0.1) is 29.6 Å². The molecule has 6 unspecified atom stereocenters. The molecule has 144 valence electrons. The van der Waals surface area contributed by atoms with Crippen molar-refractivity contribution in [1.29, 1.82) is 0 Å². The number of unbranched alkanes of at least 4 members (excludes halogenated alkanes) is 2. The van der Waals surface area contributed by atoms with E-state index in [2.05, 4.69) is 13.8 Å².